The van der Waals surface area contributed by atoms with E-state index < -0.39 is 0 Å². The Labute approximate surface area is 168 Å². The lowest BCUT2D eigenvalue weighted by atomic mass is 10.0. The minimum Gasteiger partial charge on any atom is -0.298 e. The third kappa shape index (κ3) is 5.52. The second-order valence-corrected chi connectivity index (χ2v) is 7.94. The number of nitrogens with zero attached hydrogens (tertiary/aromatic N) is 1. The molecule has 3 rings (SSSR count). The predicted octanol–water partition coefficient (Wildman–Crippen LogP) is 6.31. The highest BCUT2D eigenvalue weighted by molar-refractivity contribution is 7.14. The summed E-state index contributed by atoms with van der Waals surface area (Å²) in [5.41, 5.74) is 4.03. The van der Waals surface area contributed by atoms with E-state index in [1.54, 1.807) is 12.1 Å². The number of amides is 1. The average molecular weight is 397 g/mol. The van der Waals surface area contributed by atoms with Gasteiger partial charge in [0.05, 0.1) is 5.69 Å². The molecule has 0 aliphatic rings. The number of hydrogen-bond donors (Lipinski definition) is 1. The average Bonchev–Trinajstić information content (AvgIpc) is 3.09. The van der Waals surface area contributed by atoms with Crippen molar-refractivity contribution in [3.05, 3.63) is 76.1 Å². The Balaban J connectivity index is 1.63. The second-order valence-electron chi connectivity index (χ2n) is 6.68. The van der Waals surface area contributed by atoms with E-state index in [0.717, 1.165) is 23.2 Å². The van der Waals surface area contributed by atoms with Gasteiger partial charge in [0.25, 0.3) is 0 Å². The predicted molar refractivity (Wildman–Crippen MR) is 115 cm³/mol. The van der Waals surface area contributed by atoms with Gasteiger partial charge >= 0.3 is 0 Å². The van der Waals surface area contributed by atoms with Gasteiger partial charge in [-0.3, -0.25) is 10.1 Å². The van der Waals surface area contributed by atoms with Crippen LogP contribution in [-0.2, 0) is 11.2 Å². The summed E-state index contributed by atoms with van der Waals surface area (Å²) in [7, 11) is 0. The first-order valence-electron chi connectivity index (χ1n) is 8.79. The molecule has 0 bridgehead atoms. The van der Waals surface area contributed by atoms with Crippen molar-refractivity contribution in [1.82, 2.24) is 4.98 Å². The quantitative estimate of drug-likeness (QED) is 0.496. The Morgan fingerprint density at radius 2 is 1.93 bits per heavy atom. The van der Waals surface area contributed by atoms with Gasteiger partial charge in [-0.1, -0.05) is 67.9 Å². The van der Waals surface area contributed by atoms with Gasteiger partial charge in [-0.2, -0.15) is 0 Å². The molecule has 0 atom stereocenters. The summed E-state index contributed by atoms with van der Waals surface area (Å²) < 4.78 is 0. The van der Waals surface area contributed by atoms with Crippen molar-refractivity contribution < 1.29 is 4.79 Å². The van der Waals surface area contributed by atoms with Crippen LogP contribution in [-0.4, -0.2) is 10.9 Å². The van der Waals surface area contributed by atoms with Crippen molar-refractivity contribution >= 4 is 40.1 Å². The van der Waals surface area contributed by atoms with Crippen LogP contribution in [0.1, 0.15) is 25.0 Å². The van der Waals surface area contributed by atoms with Gasteiger partial charge in [0.2, 0.25) is 5.91 Å². The maximum atomic E-state index is 12.1. The number of aromatic nitrogens is 1. The van der Waals surface area contributed by atoms with Crippen LogP contribution in [0.5, 0.6) is 0 Å². The smallest absolute Gasteiger partial charge is 0.250 e. The Morgan fingerprint density at radius 3 is 2.63 bits per heavy atom. The third-order valence-corrected chi connectivity index (χ3v) is 5.05. The van der Waals surface area contributed by atoms with Crippen molar-refractivity contribution in [2.45, 2.75) is 20.3 Å². The number of halogens is 1. The first kappa shape index (κ1) is 19.3. The second kappa shape index (κ2) is 8.98. The number of carbonyl (C=O) groups is 1. The van der Waals surface area contributed by atoms with Crippen LogP contribution in [0.15, 0.2) is 60.0 Å². The number of benzene rings is 2. The van der Waals surface area contributed by atoms with Crippen LogP contribution < -0.4 is 5.32 Å². The first-order valence-corrected chi connectivity index (χ1v) is 10.1. The number of thiazole rings is 1. The summed E-state index contributed by atoms with van der Waals surface area (Å²) >= 11 is 7.49. The zero-order chi connectivity index (χ0) is 19.2. The lowest BCUT2D eigenvalue weighted by molar-refractivity contribution is -0.111. The fourth-order valence-corrected chi connectivity index (χ4v) is 3.59. The summed E-state index contributed by atoms with van der Waals surface area (Å²) in [6, 6.07) is 15.8. The van der Waals surface area contributed by atoms with Crippen molar-refractivity contribution in [1.29, 1.82) is 0 Å². The van der Waals surface area contributed by atoms with E-state index in [4.69, 9.17) is 11.6 Å². The molecule has 27 heavy (non-hydrogen) atoms. The van der Waals surface area contributed by atoms with Crippen molar-refractivity contribution in [3.63, 3.8) is 0 Å². The molecule has 138 valence electrons. The molecule has 1 aromatic heterocycles. The molecule has 0 unspecified atom stereocenters. The third-order valence-electron chi connectivity index (χ3n) is 3.95. The number of anilines is 1. The molecule has 0 fully saturated rings. The Kier molecular flexibility index (Phi) is 6.43. The fourth-order valence-electron chi connectivity index (χ4n) is 2.67. The van der Waals surface area contributed by atoms with Gasteiger partial charge in [0, 0.05) is 22.0 Å². The monoisotopic (exact) mass is 396 g/mol. The molecule has 0 aliphatic carbocycles. The van der Waals surface area contributed by atoms with E-state index in [-0.39, 0.29) is 5.91 Å². The van der Waals surface area contributed by atoms with Gasteiger partial charge in [-0.25, -0.2) is 4.98 Å². The van der Waals surface area contributed by atoms with Crippen LogP contribution in [0.2, 0.25) is 5.02 Å². The molecule has 1 heterocycles. The highest BCUT2D eigenvalue weighted by atomic mass is 35.5. The van der Waals surface area contributed by atoms with E-state index in [9.17, 15) is 4.79 Å². The van der Waals surface area contributed by atoms with Gasteiger partial charge in [0.1, 0.15) is 0 Å². The normalized spacial score (nSPS) is 11.3. The fraction of sp³-hybridized carbons (Fsp3) is 0.182. The van der Waals surface area contributed by atoms with Crippen LogP contribution >= 0.6 is 22.9 Å². The topological polar surface area (TPSA) is 42.0 Å². The summed E-state index contributed by atoms with van der Waals surface area (Å²) in [6.07, 6.45) is 4.22. The number of nitrogens with one attached hydrogen (secondary N) is 1. The molecule has 0 saturated carbocycles. The highest BCUT2D eigenvalue weighted by Crippen LogP contribution is 2.25. The standard InChI is InChI=1S/C22H21ClN2OS/c1-15(2)13-16-7-9-18(10-8-16)20-14-27-22(24-20)25-21(26)12-11-17-5-3-4-6-19(17)23/h3-12,14-15H,13H2,1-2H3,(H,24,25,26)/b12-11+. The molecule has 0 saturated heterocycles. The Bertz CT molecular complexity index is 945. The molecular formula is C22H21ClN2OS. The summed E-state index contributed by atoms with van der Waals surface area (Å²) in [5.74, 6) is 0.402. The van der Waals surface area contributed by atoms with Crippen molar-refractivity contribution in [2.75, 3.05) is 5.32 Å². The van der Waals surface area contributed by atoms with Crippen LogP contribution in [0.25, 0.3) is 17.3 Å². The molecule has 1 amide bonds. The molecular weight excluding hydrogens is 376 g/mol. The largest absolute Gasteiger partial charge is 0.298 e. The van der Waals surface area contributed by atoms with Gasteiger partial charge in [0.15, 0.2) is 5.13 Å². The Morgan fingerprint density at radius 1 is 1.19 bits per heavy atom. The van der Waals surface area contributed by atoms with Crippen molar-refractivity contribution in [3.8, 4) is 11.3 Å². The number of rotatable bonds is 6. The molecule has 2 aromatic carbocycles. The van der Waals surface area contributed by atoms with Crippen LogP contribution in [0.4, 0.5) is 5.13 Å². The maximum absolute atomic E-state index is 12.1. The van der Waals surface area contributed by atoms with Crippen LogP contribution in [0.3, 0.4) is 0 Å². The molecule has 1 N–H and O–H groups in total. The van der Waals surface area contributed by atoms with E-state index in [1.807, 2.05) is 23.6 Å². The SMILES string of the molecule is CC(C)Cc1ccc(-c2csc(NC(=O)/C=C/c3ccccc3Cl)n2)cc1. The van der Waals surface area contributed by atoms with Crippen LogP contribution in [0, 0.1) is 5.92 Å². The maximum Gasteiger partial charge on any atom is 0.250 e. The van der Waals surface area contributed by atoms with Gasteiger partial charge < -0.3 is 0 Å². The van der Waals surface area contributed by atoms with Gasteiger partial charge in [-0.15, -0.1) is 11.3 Å². The Hall–Kier alpha value is -2.43. The van der Waals surface area contributed by atoms with Gasteiger partial charge in [-0.05, 0) is 35.6 Å². The van der Waals surface area contributed by atoms with E-state index in [2.05, 4.69) is 48.4 Å². The van der Waals surface area contributed by atoms with E-state index >= 15 is 0 Å². The molecule has 0 aliphatic heterocycles. The zero-order valence-electron chi connectivity index (χ0n) is 15.3. The molecule has 3 nitrogen and oxygen atoms in total. The summed E-state index contributed by atoms with van der Waals surface area (Å²) in [4.78, 5) is 16.6. The lowest BCUT2D eigenvalue weighted by Gasteiger charge is -2.05. The minimum atomic E-state index is -0.233. The van der Waals surface area contributed by atoms with Crippen molar-refractivity contribution in [2.24, 2.45) is 5.92 Å². The lowest BCUT2D eigenvalue weighted by Crippen LogP contribution is -2.07. The minimum absolute atomic E-state index is 0.233. The molecule has 0 spiro atoms. The molecule has 0 radical (unpaired) electrons. The number of hydrogen-bond acceptors (Lipinski definition) is 3. The molecule has 5 heteroatoms. The highest BCUT2D eigenvalue weighted by Gasteiger charge is 2.07. The first-order chi connectivity index (χ1) is 13.0. The van der Waals surface area contributed by atoms with E-state index in [1.165, 1.54) is 23.0 Å². The summed E-state index contributed by atoms with van der Waals surface area (Å²) in [5, 5.41) is 5.93. The zero-order valence-corrected chi connectivity index (χ0v) is 16.8. The summed E-state index contributed by atoms with van der Waals surface area (Å²) in [6.45, 7) is 4.42. The number of carbonyl (C=O) groups excluding carboxylic acids is 1. The molecule has 3 aromatic rings. The van der Waals surface area contributed by atoms with E-state index in [0.29, 0.717) is 16.1 Å².